The van der Waals surface area contributed by atoms with E-state index in [-0.39, 0.29) is 12.5 Å². The fourth-order valence-electron chi connectivity index (χ4n) is 1.64. The summed E-state index contributed by atoms with van der Waals surface area (Å²) in [6, 6.07) is 14.5. The van der Waals surface area contributed by atoms with Crippen molar-refractivity contribution in [2.45, 2.75) is 6.92 Å². The quantitative estimate of drug-likeness (QED) is 0.628. The minimum atomic E-state index is -0.326. The molecule has 1 amide bonds. The predicted octanol–water partition coefficient (Wildman–Crippen LogP) is 4.02. The average molecular weight is 382 g/mol. The number of carbonyl (C=O) groups excluding carboxylic acids is 1. The number of hydrogen-bond acceptors (Lipinski definition) is 3. The summed E-state index contributed by atoms with van der Waals surface area (Å²) in [4.78, 5) is 11.7. The van der Waals surface area contributed by atoms with Gasteiger partial charge in [-0.25, -0.2) is 5.43 Å². The van der Waals surface area contributed by atoms with Crippen LogP contribution in [-0.2, 0) is 4.79 Å². The Labute approximate surface area is 142 Å². The Morgan fingerprint density at radius 3 is 2.68 bits per heavy atom. The SMILES string of the molecule is C/C(=N/NC(=O)COc1cccc(Br)c1)c1ccc(Cl)cc1. The van der Waals surface area contributed by atoms with Gasteiger partial charge in [-0.05, 0) is 42.8 Å². The Morgan fingerprint density at radius 2 is 2.00 bits per heavy atom. The van der Waals surface area contributed by atoms with Crippen molar-refractivity contribution < 1.29 is 9.53 Å². The van der Waals surface area contributed by atoms with Crippen molar-refractivity contribution in [2.24, 2.45) is 5.10 Å². The minimum Gasteiger partial charge on any atom is -0.484 e. The van der Waals surface area contributed by atoms with Gasteiger partial charge >= 0.3 is 0 Å². The van der Waals surface area contributed by atoms with E-state index in [1.165, 1.54) is 0 Å². The second-order valence-corrected chi connectivity index (χ2v) is 5.84. The maximum atomic E-state index is 11.7. The molecule has 0 aromatic heterocycles. The summed E-state index contributed by atoms with van der Waals surface area (Å²) in [6.45, 7) is 1.70. The monoisotopic (exact) mass is 380 g/mol. The number of nitrogens with one attached hydrogen (secondary N) is 1. The van der Waals surface area contributed by atoms with Crippen molar-refractivity contribution in [2.75, 3.05) is 6.61 Å². The second-order valence-electron chi connectivity index (χ2n) is 4.49. The number of amides is 1. The van der Waals surface area contributed by atoms with Crippen molar-refractivity contribution in [3.05, 3.63) is 63.6 Å². The summed E-state index contributed by atoms with van der Waals surface area (Å²) < 4.78 is 6.26. The summed E-state index contributed by atoms with van der Waals surface area (Å²) >= 11 is 9.16. The molecule has 0 radical (unpaired) electrons. The minimum absolute atomic E-state index is 0.103. The Kier molecular flexibility index (Phi) is 5.98. The van der Waals surface area contributed by atoms with Crippen molar-refractivity contribution in [3.8, 4) is 5.75 Å². The van der Waals surface area contributed by atoms with E-state index in [0.29, 0.717) is 16.5 Å². The number of halogens is 2. The number of rotatable bonds is 5. The van der Waals surface area contributed by atoms with Gasteiger partial charge in [-0.15, -0.1) is 0 Å². The van der Waals surface area contributed by atoms with Crippen LogP contribution < -0.4 is 10.2 Å². The molecular formula is C16H14BrClN2O2. The molecule has 114 valence electrons. The lowest BCUT2D eigenvalue weighted by Crippen LogP contribution is -2.25. The van der Waals surface area contributed by atoms with Crippen molar-refractivity contribution in [1.29, 1.82) is 0 Å². The first-order valence-corrected chi connectivity index (χ1v) is 7.69. The third-order valence-corrected chi connectivity index (χ3v) is 3.52. The standard InChI is InChI=1S/C16H14BrClN2O2/c1-11(12-5-7-14(18)8-6-12)19-20-16(21)10-22-15-4-2-3-13(17)9-15/h2-9H,10H2,1H3,(H,20,21)/b19-11-. The fraction of sp³-hybridized carbons (Fsp3) is 0.125. The molecule has 0 unspecified atom stereocenters. The summed E-state index contributed by atoms with van der Waals surface area (Å²) in [6.07, 6.45) is 0. The van der Waals surface area contributed by atoms with E-state index in [0.717, 1.165) is 10.0 Å². The molecule has 2 rings (SSSR count). The van der Waals surface area contributed by atoms with Gasteiger partial charge in [0, 0.05) is 9.50 Å². The van der Waals surface area contributed by atoms with Crippen LogP contribution in [-0.4, -0.2) is 18.2 Å². The summed E-state index contributed by atoms with van der Waals surface area (Å²) in [7, 11) is 0. The normalized spacial score (nSPS) is 11.1. The molecule has 0 saturated heterocycles. The zero-order valence-corrected chi connectivity index (χ0v) is 14.2. The van der Waals surface area contributed by atoms with Gasteiger partial charge in [0.2, 0.25) is 0 Å². The van der Waals surface area contributed by atoms with Crippen LogP contribution in [0.5, 0.6) is 5.75 Å². The maximum absolute atomic E-state index is 11.7. The van der Waals surface area contributed by atoms with Crippen LogP contribution in [0.15, 0.2) is 58.1 Å². The number of carbonyl (C=O) groups is 1. The highest BCUT2D eigenvalue weighted by Crippen LogP contribution is 2.17. The number of hydrazone groups is 1. The van der Waals surface area contributed by atoms with E-state index in [4.69, 9.17) is 16.3 Å². The molecule has 0 heterocycles. The zero-order chi connectivity index (χ0) is 15.9. The van der Waals surface area contributed by atoms with Gasteiger partial charge in [-0.2, -0.15) is 5.10 Å². The molecule has 0 fully saturated rings. The van der Waals surface area contributed by atoms with Crippen molar-refractivity contribution in [1.82, 2.24) is 5.43 Å². The molecule has 2 aromatic carbocycles. The Morgan fingerprint density at radius 1 is 1.27 bits per heavy atom. The first-order chi connectivity index (χ1) is 10.5. The maximum Gasteiger partial charge on any atom is 0.277 e. The van der Waals surface area contributed by atoms with E-state index in [1.807, 2.05) is 24.3 Å². The van der Waals surface area contributed by atoms with Crippen LogP contribution in [0.2, 0.25) is 5.02 Å². The predicted molar refractivity (Wildman–Crippen MR) is 91.4 cm³/mol. The highest BCUT2D eigenvalue weighted by Gasteiger charge is 2.03. The average Bonchev–Trinajstić information content (AvgIpc) is 2.51. The Balaban J connectivity index is 1.86. The molecule has 0 aliphatic rings. The number of benzene rings is 2. The molecule has 0 spiro atoms. The highest BCUT2D eigenvalue weighted by atomic mass is 79.9. The number of hydrogen-bond donors (Lipinski definition) is 1. The Hall–Kier alpha value is -1.85. The van der Waals surface area contributed by atoms with Gasteiger partial charge < -0.3 is 4.74 Å². The molecule has 2 aromatic rings. The molecule has 0 saturated carbocycles. The molecule has 1 N–H and O–H groups in total. The smallest absolute Gasteiger partial charge is 0.277 e. The molecule has 22 heavy (non-hydrogen) atoms. The van der Waals surface area contributed by atoms with E-state index in [1.54, 1.807) is 31.2 Å². The fourth-order valence-corrected chi connectivity index (χ4v) is 2.14. The van der Waals surface area contributed by atoms with E-state index >= 15 is 0 Å². The first kappa shape index (κ1) is 16.5. The van der Waals surface area contributed by atoms with E-state index < -0.39 is 0 Å². The molecule has 4 nitrogen and oxygen atoms in total. The van der Waals surface area contributed by atoms with Gasteiger partial charge in [0.05, 0.1) is 5.71 Å². The van der Waals surface area contributed by atoms with E-state index in [2.05, 4.69) is 26.5 Å². The topological polar surface area (TPSA) is 50.7 Å². The van der Waals surface area contributed by atoms with Crippen molar-refractivity contribution in [3.63, 3.8) is 0 Å². The van der Waals surface area contributed by atoms with Gasteiger partial charge in [-0.1, -0.05) is 45.7 Å². The van der Waals surface area contributed by atoms with Gasteiger partial charge in [0.1, 0.15) is 5.75 Å². The van der Waals surface area contributed by atoms with Crippen LogP contribution in [0.1, 0.15) is 12.5 Å². The third kappa shape index (κ3) is 5.16. The zero-order valence-electron chi connectivity index (χ0n) is 11.8. The van der Waals surface area contributed by atoms with Crippen LogP contribution in [0.25, 0.3) is 0 Å². The lowest BCUT2D eigenvalue weighted by molar-refractivity contribution is -0.123. The summed E-state index contributed by atoms with van der Waals surface area (Å²) in [5, 5.41) is 4.69. The highest BCUT2D eigenvalue weighted by molar-refractivity contribution is 9.10. The first-order valence-electron chi connectivity index (χ1n) is 6.52. The lowest BCUT2D eigenvalue weighted by atomic mass is 10.1. The summed E-state index contributed by atoms with van der Waals surface area (Å²) in [5.74, 6) is 0.288. The third-order valence-electron chi connectivity index (χ3n) is 2.78. The molecule has 0 bridgehead atoms. The van der Waals surface area contributed by atoms with Crippen LogP contribution in [0.3, 0.4) is 0 Å². The van der Waals surface area contributed by atoms with Crippen LogP contribution in [0, 0.1) is 0 Å². The molecule has 6 heteroatoms. The molecular weight excluding hydrogens is 368 g/mol. The summed E-state index contributed by atoms with van der Waals surface area (Å²) in [5.41, 5.74) is 4.03. The van der Waals surface area contributed by atoms with Gasteiger partial charge in [-0.3, -0.25) is 4.79 Å². The second kappa shape index (κ2) is 7.96. The van der Waals surface area contributed by atoms with Crippen LogP contribution in [0.4, 0.5) is 0 Å². The largest absolute Gasteiger partial charge is 0.484 e. The van der Waals surface area contributed by atoms with Gasteiger partial charge in [0.25, 0.3) is 5.91 Å². The molecule has 0 aliphatic carbocycles. The van der Waals surface area contributed by atoms with E-state index in [9.17, 15) is 4.79 Å². The molecule has 0 atom stereocenters. The lowest BCUT2D eigenvalue weighted by Gasteiger charge is -2.06. The molecule has 0 aliphatic heterocycles. The number of nitrogens with zero attached hydrogens (tertiary/aromatic N) is 1. The van der Waals surface area contributed by atoms with Crippen LogP contribution >= 0.6 is 27.5 Å². The van der Waals surface area contributed by atoms with Gasteiger partial charge in [0.15, 0.2) is 6.61 Å². The Bertz CT molecular complexity index is 687. The van der Waals surface area contributed by atoms with Crippen molar-refractivity contribution >= 4 is 39.1 Å². The number of ether oxygens (including phenoxy) is 1.